The number of para-hydroxylation sites is 1. The molecule has 1 amide bonds. The Hall–Kier alpha value is -1.85. The lowest BCUT2D eigenvalue weighted by Gasteiger charge is -2.31. The van der Waals surface area contributed by atoms with Crippen molar-refractivity contribution in [3.8, 4) is 5.75 Å². The lowest BCUT2D eigenvalue weighted by atomic mass is 10.0. The Bertz CT molecular complexity index is 591. The lowest BCUT2D eigenvalue weighted by molar-refractivity contribution is -0.132. The molecular formula is C21H31N3O2. The molecular weight excluding hydrogens is 326 g/mol. The molecule has 2 saturated heterocycles. The Kier molecular flexibility index (Phi) is 7.09. The van der Waals surface area contributed by atoms with Gasteiger partial charge >= 0.3 is 0 Å². The number of nitrogens with one attached hydrogen (secondary N) is 1. The summed E-state index contributed by atoms with van der Waals surface area (Å²) in [4.78, 5) is 16.5. The number of hydrogen-bond acceptors (Lipinski definition) is 4. The number of nitrogens with zero attached hydrogens (tertiary/aromatic N) is 2. The molecule has 1 aromatic rings. The molecule has 1 aromatic carbocycles. The van der Waals surface area contributed by atoms with Gasteiger partial charge in [0.2, 0.25) is 0 Å². The van der Waals surface area contributed by atoms with Crippen molar-refractivity contribution in [2.75, 3.05) is 39.3 Å². The maximum Gasteiger partial charge on any atom is 0.260 e. The number of amides is 1. The van der Waals surface area contributed by atoms with Crippen LogP contribution in [0.5, 0.6) is 5.75 Å². The van der Waals surface area contributed by atoms with E-state index in [1.165, 1.54) is 0 Å². The minimum absolute atomic E-state index is 0.0971. The van der Waals surface area contributed by atoms with Gasteiger partial charge in [0, 0.05) is 37.8 Å². The van der Waals surface area contributed by atoms with Crippen molar-refractivity contribution < 1.29 is 9.53 Å². The van der Waals surface area contributed by atoms with Gasteiger partial charge in [-0.1, -0.05) is 24.3 Å². The maximum absolute atomic E-state index is 12.2. The second-order valence-corrected chi connectivity index (χ2v) is 7.23. The molecule has 0 aliphatic carbocycles. The molecule has 2 aliphatic rings. The second-order valence-electron chi connectivity index (χ2n) is 7.23. The number of rotatable bonds is 8. The minimum atomic E-state index is 0.0971. The fraction of sp³-hybridized carbons (Fsp3) is 0.571. The Morgan fingerprint density at radius 1 is 1.19 bits per heavy atom. The molecule has 5 heteroatoms. The van der Waals surface area contributed by atoms with Gasteiger partial charge in [-0.15, -0.1) is 6.58 Å². The van der Waals surface area contributed by atoms with Gasteiger partial charge in [-0.05, 0) is 44.8 Å². The molecule has 3 rings (SSSR count). The van der Waals surface area contributed by atoms with E-state index in [0.717, 1.165) is 76.3 Å². The molecule has 0 atom stereocenters. The third kappa shape index (κ3) is 5.32. The average Bonchev–Trinajstić information content (AvgIpc) is 3.21. The van der Waals surface area contributed by atoms with E-state index in [1.54, 1.807) is 0 Å². The first-order valence-electron chi connectivity index (χ1n) is 9.81. The van der Waals surface area contributed by atoms with Crippen LogP contribution in [0.2, 0.25) is 0 Å². The van der Waals surface area contributed by atoms with E-state index in [9.17, 15) is 4.79 Å². The van der Waals surface area contributed by atoms with Gasteiger partial charge in [-0.25, -0.2) is 0 Å². The van der Waals surface area contributed by atoms with Gasteiger partial charge in [0.05, 0.1) is 0 Å². The second kappa shape index (κ2) is 9.74. The summed E-state index contributed by atoms with van der Waals surface area (Å²) in [7, 11) is 0. The standard InChI is InChI=1S/C21H31N3O2/c1-2-11-23-14-9-19(10-15-23)22-16-18-7-3-4-8-20(18)26-17-21(25)24-12-5-6-13-24/h2-4,7-8,19,22H,1,5-6,9-17H2. The van der Waals surface area contributed by atoms with Crippen LogP contribution in [0.1, 0.15) is 31.2 Å². The lowest BCUT2D eigenvalue weighted by Crippen LogP contribution is -2.42. The molecule has 0 aromatic heterocycles. The zero-order chi connectivity index (χ0) is 18.2. The number of benzene rings is 1. The monoisotopic (exact) mass is 357 g/mol. The highest BCUT2D eigenvalue weighted by Crippen LogP contribution is 2.19. The summed E-state index contributed by atoms with van der Waals surface area (Å²) in [5, 5.41) is 3.66. The van der Waals surface area contributed by atoms with Crippen LogP contribution in [0.25, 0.3) is 0 Å². The predicted molar refractivity (Wildman–Crippen MR) is 104 cm³/mol. The van der Waals surface area contributed by atoms with Crippen LogP contribution >= 0.6 is 0 Å². The summed E-state index contributed by atoms with van der Waals surface area (Å²) in [5.74, 6) is 0.913. The number of carbonyl (C=O) groups excluding carboxylic acids is 1. The van der Waals surface area contributed by atoms with Gasteiger partial charge in [0.15, 0.2) is 6.61 Å². The Morgan fingerprint density at radius 3 is 2.65 bits per heavy atom. The van der Waals surface area contributed by atoms with Gasteiger partial charge in [-0.2, -0.15) is 0 Å². The van der Waals surface area contributed by atoms with Gasteiger partial charge in [0.1, 0.15) is 5.75 Å². The molecule has 26 heavy (non-hydrogen) atoms. The van der Waals surface area contributed by atoms with Crippen LogP contribution in [-0.4, -0.2) is 61.1 Å². The highest BCUT2D eigenvalue weighted by molar-refractivity contribution is 5.78. The molecule has 0 bridgehead atoms. The number of hydrogen-bond donors (Lipinski definition) is 1. The van der Waals surface area contributed by atoms with Crippen LogP contribution in [0, 0.1) is 0 Å². The Balaban J connectivity index is 1.46. The molecule has 0 saturated carbocycles. The molecule has 2 heterocycles. The van der Waals surface area contributed by atoms with Crippen molar-refractivity contribution in [1.29, 1.82) is 0 Å². The number of piperidine rings is 1. The average molecular weight is 357 g/mol. The topological polar surface area (TPSA) is 44.8 Å². The van der Waals surface area contributed by atoms with E-state index in [-0.39, 0.29) is 12.5 Å². The van der Waals surface area contributed by atoms with Gasteiger partial charge < -0.3 is 15.0 Å². The van der Waals surface area contributed by atoms with Crippen molar-refractivity contribution in [1.82, 2.24) is 15.1 Å². The molecule has 2 fully saturated rings. The quantitative estimate of drug-likeness (QED) is 0.726. The summed E-state index contributed by atoms with van der Waals surface area (Å²) in [6.07, 6.45) is 6.51. The van der Waals surface area contributed by atoms with Crippen molar-refractivity contribution >= 4 is 5.91 Å². The van der Waals surface area contributed by atoms with Crippen LogP contribution in [0.3, 0.4) is 0 Å². The highest BCUT2D eigenvalue weighted by Gasteiger charge is 2.20. The highest BCUT2D eigenvalue weighted by atomic mass is 16.5. The summed E-state index contributed by atoms with van der Waals surface area (Å²) in [6.45, 7) is 9.69. The fourth-order valence-electron chi connectivity index (χ4n) is 3.74. The zero-order valence-corrected chi connectivity index (χ0v) is 15.7. The van der Waals surface area contributed by atoms with E-state index < -0.39 is 0 Å². The van der Waals surface area contributed by atoms with Gasteiger partial charge in [0.25, 0.3) is 5.91 Å². The van der Waals surface area contributed by atoms with Crippen LogP contribution in [0.15, 0.2) is 36.9 Å². The number of likely N-dealkylation sites (tertiary alicyclic amines) is 2. The van der Waals surface area contributed by atoms with E-state index >= 15 is 0 Å². The Morgan fingerprint density at radius 2 is 1.92 bits per heavy atom. The van der Waals surface area contributed by atoms with E-state index in [0.29, 0.717) is 6.04 Å². The van der Waals surface area contributed by atoms with Crippen molar-refractivity contribution in [2.24, 2.45) is 0 Å². The van der Waals surface area contributed by atoms with Gasteiger partial charge in [-0.3, -0.25) is 9.69 Å². The zero-order valence-electron chi connectivity index (χ0n) is 15.7. The third-order valence-electron chi connectivity index (χ3n) is 5.34. The molecule has 5 nitrogen and oxygen atoms in total. The fourth-order valence-corrected chi connectivity index (χ4v) is 3.74. The smallest absolute Gasteiger partial charge is 0.260 e. The van der Waals surface area contributed by atoms with Crippen LogP contribution in [0.4, 0.5) is 0 Å². The van der Waals surface area contributed by atoms with Crippen LogP contribution < -0.4 is 10.1 Å². The van der Waals surface area contributed by atoms with Crippen LogP contribution in [-0.2, 0) is 11.3 Å². The SMILES string of the molecule is C=CCN1CCC(NCc2ccccc2OCC(=O)N2CCCC2)CC1. The van der Waals surface area contributed by atoms with Crippen molar-refractivity contribution in [3.63, 3.8) is 0 Å². The molecule has 0 unspecified atom stereocenters. The molecule has 1 N–H and O–H groups in total. The first kappa shape index (κ1) is 18.9. The normalized spacial score (nSPS) is 18.8. The third-order valence-corrected chi connectivity index (χ3v) is 5.34. The van der Waals surface area contributed by atoms with E-state index in [2.05, 4.69) is 22.9 Å². The summed E-state index contributed by atoms with van der Waals surface area (Å²) in [6, 6.07) is 8.57. The first-order valence-corrected chi connectivity index (χ1v) is 9.81. The number of carbonyl (C=O) groups is 1. The Labute approximate surface area is 157 Å². The largest absolute Gasteiger partial charge is 0.483 e. The van der Waals surface area contributed by atoms with E-state index in [1.807, 2.05) is 29.2 Å². The van der Waals surface area contributed by atoms with Crippen molar-refractivity contribution in [2.45, 2.75) is 38.3 Å². The van der Waals surface area contributed by atoms with E-state index in [4.69, 9.17) is 4.74 Å². The maximum atomic E-state index is 12.2. The number of ether oxygens (including phenoxy) is 1. The molecule has 0 spiro atoms. The molecule has 2 aliphatic heterocycles. The molecule has 142 valence electrons. The minimum Gasteiger partial charge on any atom is -0.483 e. The molecule has 0 radical (unpaired) electrons. The predicted octanol–water partition coefficient (Wildman–Crippen LogP) is 2.43. The first-order chi connectivity index (χ1) is 12.8. The van der Waals surface area contributed by atoms with Crippen molar-refractivity contribution in [3.05, 3.63) is 42.5 Å². The summed E-state index contributed by atoms with van der Waals surface area (Å²) >= 11 is 0. The summed E-state index contributed by atoms with van der Waals surface area (Å²) in [5.41, 5.74) is 1.12. The summed E-state index contributed by atoms with van der Waals surface area (Å²) < 4.78 is 5.85.